The minimum Gasteiger partial charge on any atom is -0.489 e. The van der Waals surface area contributed by atoms with Crippen molar-refractivity contribution < 1.29 is 22.7 Å². The van der Waals surface area contributed by atoms with Crippen molar-refractivity contribution in [2.75, 3.05) is 12.9 Å². The molecule has 0 amide bonds. The zero-order chi connectivity index (χ0) is 21.0. The Morgan fingerprint density at radius 2 is 2.07 bits per heavy atom. The maximum Gasteiger partial charge on any atom is 0.346 e. The second-order valence-corrected chi connectivity index (χ2v) is 8.18. The van der Waals surface area contributed by atoms with Crippen LogP contribution in [0.4, 0.5) is 0 Å². The normalized spacial score (nSPS) is 11.4. The average molecular weight is 441 g/mol. The molecule has 3 rings (SSSR count). The van der Waals surface area contributed by atoms with Gasteiger partial charge >= 0.3 is 5.97 Å². The van der Waals surface area contributed by atoms with Crippen LogP contribution in [-0.2, 0) is 22.9 Å². The molecule has 0 unspecified atom stereocenters. The second-order valence-electron chi connectivity index (χ2n) is 5.82. The lowest BCUT2D eigenvalue weighted by molar-refractivity contribution is 0.0718. The Bertz CT molecular complexity index is 1110. The van der Waals surface area contributed by atoms with E-state index in [2.05, 4.69) is 20.6 Å². The molecule has 2 aromatic heterocycles. The fourth-order valence-corrected chi connectivity index (χ4v) is 3.61. The number of benzene rings is 1. The molecule has 3 aromatic rings. The number of rotatable bonds is 8. The first-order valence-electron chi connectivity index (χ1n) is 8.41. The maximum atomic E-state index is 12.6. The van der Waals surface area contributed by atoms with Gasteiger partial charge in [0.05, 0.1) is 23.3 Å². The van der Waals surface area contributed by atoms with E-state index in [0.717, 1.165) is 6.26 Å². The number of hydrogen-bond donors (Lipinski definition) is 0. The smallest absolute Gasteiger partial charge is 0.346 e. The maximum absolute atomic E-state index is 12.6. The summed E-state index contributed by atoms with van der Waals surface area (Å²) >= 11 is 6.33. The van der Waals surface area contributed by atoms with Gasteiger partial charge in [0, 0.05) is 18.9 Å². The fraction of sp³-hybridized carbons (Fsp3) is 0.312. The highest BCUT2D eigenvalue weighted by Gasteiger charge is 2.25. The van der Waals surface area contributed by atoms with Crippen LogP contribution in [0.3, 0.4) is 0 Å². The summed E-state index contributed by atoms with van der Waals surface area (Å²) in [6, 6.07) is 4.06. The molecule has 0 aliphatic rings. The van der Waals surface area contributed by atoms with Gasteiger partial charge in [-0.05, 0) is 29.5 Å². The van der Waals surface area contributed by atoms with Gasteiger partial charge < -0.3 is 9.47 Å². The number of carbonyl (C=O) groups is 1. The van der Waals surface area contributed by atoms with Crippen LogP contribution >= 0.6 is 11.6 Å². The topological polar surface area (TPSA) is 131 Å². The molecular formula is C16H17ClN6O5S. The van der Waals surface area contributed by atoms with Gasteiger partial charge in [0.15, 0.2) is 15.6 Å². The van der Waals surface area contributed by atoms with Gasteiger partial charge in [-0.25, -0.2) is 22.6 Å². The highest BCUT2D eigenvalue weighted by molar-refractivity contribution is 7.90. The van der Waals surface area contributed by atoms with Crippen molar-refractivity contribution in [2.24, 2.45) is 0 Å². The van der Waals surface area contributed by atoms with Crippen LogP contribution in [0.5, 0.6) is 11.6 Å². The SMILES string of the molecule is CCn1nccc1OC(=O)c1ccc(S(C)(=O)=O)c(OCCn2cnnn2)c1Cl. The molecule has 2 heterocycles. The van der Waals surface area contributed by atoms with E-state index in [9.17, 15) is 13.2 Å². The summed E-state index contributed by atoms with van der Waals surface area (Å²) in [6.45, 7) is 2.61. The van der Waals surface area contributed by atoms with Crippen LogP contribution in [0.2, 0.25) is 5.02 Å². The average Bonchev–Trinajstić information content (AvgIpc) is 3.33. The largest absolute Gasteiger partial charge is 0.489 e. The molecular weight excluding hydrogens is 424 g/mol. The predicted molar refractivity (Wildman–Crippen MR) is 101 cm³/mol. The number of esters is 1. The van der Waals surface area contributed by atoms with Gasteiger partial charge in [-0.2, -0.15) is 5.10 Å². The van der Waals surface area contributed by atoms with E-state index >= 15 is 0 Å². The van der Waals surface area contributed by atoms with Gasteiger partial charge in [0.1, 0.15) is 17.8 Å². The van der Waals surface area contributed by atoms with E-state index in [1.807, 2.05) is 6.92 Å². The Morgan fingerprint density at radius 1 is 1.28 bits per heavy atom. The monoisotopic (exact) mass is 440 g/mol. The molecule has 0 saturated heterocycles. The van der Waals surface area contributed by atoms with Crippen LogP contribution in [0.1, 0.15) is 17.3 Å². The molecule has 0 fully saturated rings. The molecule has 1 aromatic carbocycles. The number of ether oxygens (including phenoxy) is 2. The van der Waals surface area contributed by atoms with Crippen molar-refractivity contribution in [2.45, 2.75) is 24.9 Å². The van der Waals surface area contributed by atoms with E-state index in [1.165, 1.54) is 40.1 Å². The number of carbonyl (C=O) groups excluding carboxylic acids is 1. The molecule has 13 heteroatoms. The molecule has 29 heavy (non-hydrogen) atoms. The van der Waals surface area contributed by atoms with Crippen molar-refractivity contribution >= 4 is 27.4 Å². The molecule has 0 spiro atoms. The number of hydrogen-bond acceptors (Lipinski definition) is 9. The predicted octanol–water partition coefficient (Wildman–Crippen LogP) is 1.24. The number of aromatic nitrogens is 6. The van der Waals surface area contributed by atoms with Gasteiger partial charge in [0.25, 0.3) is 0 Å². The van der Waals surface area contributed by atoms with Crippen molar-refractivity contribution in [3.63, 3.8) is 0 Å². The summed E-state index contributed by atoms with van der Waals surface area (Å²) < 4.78 is 38.0. The Kier molecular flexibility index (Phi) is 6.13. The van der Waals surface area contributed by atoms with Crippen LogP contribution in [0, 0.1) is 0 Å². The Labute approximate surface area is 171 Å². The zero-order valence-electron chi connectivity index (χ0n) is 15.5. The van der Waals surface area contributed by atoms with Crippen LogP contribution in [0.25, 0.3) is 0 Å². The van der Waals surface area contributed by atoms with E-state index in [4.69, 9.17) is 21.1 Å². The van der Waals surface area contributed by atoms with E-state index in [1.54, 1.807) is 0 Å². The van der Waals surface area contributed by atoms with Gasteiger partial charge in [-0.1, -0.05) is 11.6 Å². The molecule has 0 bridgehead atoms. The van der Waals surface area contributed by atoms with E-state index < -0.39 is 15.8 Å². The number of sulfone groups is 1. The summed E-state index contributed by atoms with van der Waals surface area (Å²) in [5, 5.41) is 14.5. The Balaban J connectivity index is 1.89. The molecule has 0 atom stereocenters. The first-order valence-corrected chi connectivity index (χ1v) is 10.7. The third-order valence-electron chi connectivity index (χ3n) is 3.81. The Morgan fingerprint density at radius 3 is 2.72 bits per heavy atom. The Hall–Kier alpha value is -2.99. The second kappa shape index (κ2) is 8.57. The number of halogens is 1. The third kappa shape index (κ3) is 4.71. The quantitative estimate of drug-likeness (QED) is 0.474. The van der Waals surface area contributed by atoms with Crippen molar-refractivity contribution in [1.82, 2.24) is 30.0 Å². The van der Waals surface area contributed by atoms with Crippen LogP contribution in [-0.4, -0.2) is 57.2 Å². The minimum absolute atomic E-state index is 0.0222. The van der Waals surface area contributed by atoms with Crippen molar-refractivity contribution in [3.8, 4) is 11.6 Å². The standard InChI is InChI=1S/C16H17ClN6O5S/c1-3-23-13(6-7-19-23)28-16(24)11-4-5-12(29(2,25)26)15(14(11)17)27-9-8-22-10-18-20-21-22/h4-7,10H,3,8-9H2,1-2H3. The molecule has 154 valence electrons. The van der Waals surface area contributed by atoms with E-state index in [0.29, 0.717) is 6.54 Å². The molecule has 0 aliphatic heterocycles. The lowest BCUT2D eigenvalue weighted by Crippen LogP contribution is -2.15. The zero-order valence-corrected chi connectivity index (χ0v) is 17.1. The molecule has 0 N–H and O–H groups in total. The first kappa shape index (κ1) is 20.7. The van der Waals surface area contributed by atoms with Crippen LogP contribution in [0.15, 0.2) is 35.6 Å². The lowest BCUT2D eigenvalue weighted by atomic mass is 10.2. The number of aryl methyl sites for hydroxylation is 1. The molecule has 0 radical (unpaired) electrons. The number of tetrazole rings is 1. The molecule has 0 aliphatic carbocycles. The van der Waals surface area contributed by atoms with Crippen LogP contribution < -0.4 is 9.47 Å². The third-order valence-corrected chi connectivity index (χ3v) is 5.31. The summed E-state index contributed by atoms with van der Waals surface area (Å²) in [7, 11) is -3.67. The summed E-state index contributed by atoms with van der Waals surface area (Å²) in [5.74, 6) is -0.668. The van der Waals surface area contributed by atoms with Gasteiger partial charge in [-0.15, -0.1) is 5.10 Å². The summed E-state index contributed by atoms with van der Waals surface area (Å²) in [6.07, 6.45) is 3.89. The van der Waals surface area contributed by atoms with Gasteiger partial charge in [0.2, 0.25) is 5.88 Å². The van der Waals surface area contributed by atoms with E-state index in [-0.39, 0.29) is 40.3 Å². The summed E-state index contributed by atoms with van der Waals surface area (Å²) in [4.78, 5) is 12.4. The minimum atomic E-state index is -3.67. The van der Waals surface area contributed by atoms with Crippen molar-refractivity contribution in [3.05, 3.63) is 41.3 Å². The lowest BCUT2D eigenvalue weighted by Gasteiger charge is -2.14. The molecule has 0 saturated carbocycles. The summed E-state index contributed by atoms with van der Waals surface area (Å²) in [5.41, 5.74) is -0.0413. The molecule has 11 nitrogen and oxygen atoms in total. The first-order chi connectivity index (χ1) is 13.8. The van der Waals surface area contributed by atoms with Crippen molar-refractivity contribution in [1.29, 1.82) is 0 Å². The number of nitrogens with zero attached hydrogens (tertiary/aromatic N) is 6. The highest BCUT2D eigenvalue weighted by Crippen LogP contribution is 2.35. The van der Waals surface area contributed by atoms with Gasteiger partial charge in [-0.3, -0.25) is 0 Å². The highest BCUT2D eigenvalue weighted by atomic mass is 35.5. The fourth-order valence-electron chi connectivity index (χ4n) is 2.44.